The van der Waals surface area contributed by atoms with Gasteiger partial charge in [0.1, 0.15) is 0 Å². The summed E-state index contributed by atoms with van der Waals surface area (Å²) in [4.78, 5) is 5.72. The van der Waals surface area contributed by atoms with Gasteiger partial charge in [0.15, 0.2) is 0 Å². The minimum Gasteiger partial charge on any atom is -0.361 e. The van der Waals surface area contributed by atoms with Crippen molar-refractivity contribution >= 4 is 10.9 Å². The number of rotatable bonds is 4. The Morgan fingerprint density at radius 1 is 1.39 bits per heavy atom. The monoisotopic (exact) mass is 243 g/mol. The van der Waals surface area contributed by atoms with Gasteiger partial charge in [-0.2, -0.15) is 0 Å². The van der Waals surface area contributed by atoms with Crippen LogP contribution in [0.15, 0.2) is 30.5 Å². The molecular weight excluding hydrogens is 222 g/mol. The van der Waals surface area contributed by atoms with E-state index in [1.165, 1.54) is 35.9 Å². The number of aromatic nitrogens is 1. The average Bonchev–Trinajstić information content (AvgIpc) is 2.99. The van der Waals surface area contributed by atoms with E-state index in [0.717, 1.165) is 19.1 Å². The Hall–Kier alpha value is -1.32. The standard InChI is InChI=1S/C15H21N3/c1-18-9-3-5-13(18)11-16-10-12-4-2-6-15-14(12)7-8-17-15/h2,4,6-8,13,16-17H,3,5,9-11H2,1H3/t13-/m1/s1. The number of likely N-dealkylation sites (N-methyl/N-ethyl adjacent to an activating group) is 1. The molecule has 0 unspecified atom stereocenters. The van der Waals surface area contributed by atoms with Crippen molar-refractivity contribution in [2.24, 2.45) is 0 Å². The fourth-order valence-electron chi connectivity index (χ4n) is 2.92. The van der Waals surface area contributed by atoms with Crippen molar-refractivity contribution in [1.29, 1.82) is 0 Å². The predicted molar refractivity (Wildman–Crippen MR) is 75.7 cm³/mol. The number of hydrogen-bond donors (Lipinski definition) is 2. The highest BCUT2D eigenvalue weighted by molar-refractivity contribution is 5.82. The maximum Gasteiger partial charge on any atom is 0.0457 e. The summed E-state index contributed by atoms with van der Waals surface area (Å²) >= 11 is 0. The zero-order valence-electron chi connectivity index (χ0n) is 10.9. The summed E-state index contributed by atoms with van der Waals surface area (Å²) in [6.07, 6.45) is 4.69. The first-order valence-corrected chi connectivity index (χ1v) is 6.80. The van der Waals surface area contributed by atoms with Crippen molar-refractivity contribution in [3.8, 4) is 0 Å². The molecule has 1 aliphatic heterocycles. The Bertz CT molecular complexity index is 517. The van der Waals surface area contributed by atoms with Crippen LogP contribution < -0.4 is 5.32 Å². The number of fused-ring (bicyclic) bond motifs is 1. The summed E-state index contributed by atoms with van der Waals surface area (Å²) in [6.45, 7) is 3.30. The summed E-state index contributed by atoms with van der Waals surface area (Å²) < 4.78 is 0. The smallest absolute Gasteiger partial charge is 0.0457 e. The molecule has 2 heterocycles. The Kier molecular flexibility index (Phi) is 3.35. The zero-order chi connectivity index (χ0) is 12.4. The summed E-state index contributed by atoms with van der Waals surface area (Å²) in [6, 6.07) is 9.34. The lowest BCUT2D eigenvalue weighted by molar-refractivity contribution is 0.300. The van der Waals surface area contributed by atoms with Crippen molar-refractivity contribution in [2.45, 2.75) is 25.4 Å². The minimum atomic E-state index is 0.718. The molecule has 0 bridgehead atoms. The first kappa shape index (κ1) is 11.8. The lowest BCUT2D eigenvalue weighted by Crippen LogP contribution is -2.35. The third kappa shape index (κ3) is 2.28. The second-order valence-corrected chi connectivity index (χ2v) is 5.26. The van der Waals surface area contributed by atoms with Gasteiger partial charge in [-0.15, -0.1) is 0 Å². The van der Waals surface area contributed by atoms with Crippen LogP contribution in [0.2, 0.25) is 0 Å². The van der Waals surface area contributed by atoms with Gasteiger partial charge < -0.3 is 15.2 Å². The van der Waals surface area contributed by atoms with Crippen molar-refractivity contribution in [3.05, 3.63) is 36.0 Å². The van der Waals surface area contributed by atoms with Crippen LogP contribution in [0.5, 0.6) is 0 Å². The fraction of sp³-hybridized carbons (Fsp3) is 0.467. The van der Waals surface area contributed by atoms with E-state index in [-0.39, 0.29) is 0 Å². The van der Waals surface area contributed by atoms with Crippen LogP contribution in [0.25, 0.3) is 10.9 Å². The third-order valence-electron chi connectivity index (χ3n) is 4.05. The van der Waals surface area contributed by atoms with Gasteiger partial charge in [-0.05, 0) is 44.1 Å². The van der Waals surface area contributed by atoms with E-state index in [9.17, 15) is 0 Å². The molecule has 1 aromatic carbocycles. The zero-order valence-corrected chi connectivity index (χ0v) is 10.9. The molecule has 1 saturated heterocycles. The molecule has 0 spiro atoms. The molecule has 1 aliphatic rings. The first-order chi connectivity index (χ1) is 8.84. The third-order valence-corrected chi connectivity index (χ3v) is 4.05. The average molecular weight is 243 g/mol. The number of likely N-dealkylation sites (tertiary alicyclic amines) is 1. The van der Waals surface area contributed by atoms with Crippen LogP contribution in [0.1, 0.15) is 18.4 Å². The van der Waals surface area contributed by atoms with Crippen LogP contribution in [-0.2, 0) is 6.54 Å². The van der Waals surface area contributed by atoms with E-state index in [1.807, 2.05) is 6.20 Å². The molecule has 3 heteroatoms. The highest BCUT2D eigenvalue weighted by atomic mass is 15.2. The van der Waals surface area contributed by atoms with Gasteiger partial charge in [0, 0.05) is 36.2 Å². The van der Waals surface area contributed by atoms with Crippen LogP contribution in [0.4, 0.5) is 0 Å². The van der Waals surface area contributed by atoms with E-state index >= 15 is 0 Å². The number of aromatic amines is 1. The van der Waals surface area contributed by atoms with Crippen LogP contribution >= 0.6 is 0 Å². The topological polar surface area (TPSA) is 31.1 Å². The van der Waals surface area contributed by atoms with Crippen LogP contribution in [0.3, 0.4) is 0 Å². The molecule has 96 valence electrons. The van der Waals surface area contributed by atoms with Gasteiger partial charge in [-0.25, -0.2) is 0 Å². The van der Waals surface area contributed by atoms with E-state index in [1.54, 1.807) is 0 Å². The molecule has 2 aromatic rings. The second kappa shape index (κ2) is 5.12. The van der Waals surface area contributed by atoms with Gasteiger partial charge in [-0.1, -0.05) is 12.1 Å². The maximum atomic E-state index is 3.60. The number of nitrogens with zero attached hydrogens (tertiary/aromatic N) is 1. The molecule has 3 rings (SSSR count). The fourth-order valence-corrected chi connectivity index (χ4v) is 2.92. The lowest BCUT2D eigenvalue weighted by Gasteiger charge is -2.19. The number of hydrogen-bond acceptors (Lipinski definition) is 2. The number of H-pyrrole nitrogens is 1. The van der Waals surface area contributed by atoms with Gasteiger partial charge in [0.05, 0.1) is 0 Å². The molecule has 0 saturated carbocycles. The maximum absolute atomic E-state index is 3.60. The molecule has 0 radical (unpaired) electrons. The molecule has 0 aliphatic carbocycles. The number of nitrogens with one attached hydrogen (secondary N) is 2. The van der Waals surface area contributed by atoms with Gasteiger partial charge in [0.2, 0.25) is 0 Å². The summed E-state index contributed by atoms with van der Waals surface area (Å²) in [7, 11) is 2.23. The molecule has 0 amide bonds. The SMILES string of the molecule is CN1CCC[C@@H]1CNCc1cccc2[nH]ccc12. The normalized spacial score (nSPS) is 20.8. The van der Waals surface area contributed by atoms with Crippen molar-refractivity contribution in [3.63, 3.8) is 0 Å². The van der Waals surface area contributed by atoms with E-state index in [4.69, 9.17) is 0 Å². The lowest BCUT2D eigenvalue weighted by atomic mass is 10.1. The first-order valence-electron chi connectivity index (χ1n) is 6.80. The second-order valence-electron chi connectivity index (χ2n) is 5.26. The highest BCUT2D eigenvalue weighted by Crippen LogP contribution is 2.18. The molecular formula is C15H21N3. The Morgan fingerprint density at radius 2 is 2.33 bits per heavy atom. The molecule has 2 N–H and O–H groups in total. The molecule has 1 fully saturated rings. The molecule has 3 nitrogen and oxygen atoms in total. The van der Waals surface area contributed by atoms with Crippen molar-refractivity contribution in [2.75, 3.05) is 20.1 Å². The number of benzene rings is 1. The molecule has 1 aromatic heterocycles. The summed E-state index contributed by atoms with van der Waals surface area (Å²) in [5.41, 5.74) is 2.61. The van der Waals surface area contributed by atoms with Crippen molar-refractivity contribution in [1.82, 2.24) is 15.2 Å². The van der Waals surface area contributed by atoms with Gasteiger partial charge >= 0.3 is 0 Å². The summed E-state index contributed by atoms with van der Waals surface area (Å²) in [5, 5.41) is 4.94. The van der Waals surface area contributed by atoms with E-state index in [0.29, 0.717) is 0 Å². The minimum absolute atomic E-state index is 0.718. The Morgan fingerprint density at radius 3 is 3.17 bits per heavy atom. The molecule has 18 heavy (non-hydrogen) atoms. The van der Waals surface area contributed by atoms with Crippen LogP contribution in [0, 0.1) is 0 Å². The Labute approximate surface area is 108 Å². The van der Waals surface area contributed by atoms with Crippen LogP contribution in [-0.4, -0.2) is 36.1 Å². The summed E-state index contributed by atoms with van der Waals surface area (Å²) in [5.74, 6) is 0. The van der Waals surface area contributed by atoms with Gasteiger partial charge in [-0.3, -0.25) is 0 Å². The quantitative estimate of drug-likeness (QED) is 0.863. The van der Waals surface area contributed by atoms with E-state index in [2.05, 4.69) is 46.5 Å². The predicted octanol–water partition coefficient (Wildman–Crippen LogP) is 2.35. The Balaban J connectivity index is 1.61. The van der Waals surface area contributed by atoms with E-state index < -0.39 is 0 Å². The largest absolute Gasteiger partial charge is 0.361 e. The van der Waals surface area contributed by atoms with Gasteiger partial charge in [0.25, 0.3) is 0 Å². The van der Waals surface area contributed by atoms with Crippen molar-refractivity contribution < 1.29 is 0 Å². The highest BCUT2D eigenvalue weighted by Gasteiger charge is 2.19. The molecule has 1 atom stereocenters.